The number of hydrogen-bond donors (Lipinski definition) is 1. The highest BCUT2D eigenvalue weighted by Crippen LogP contribution is 2.25. The predicted octanol–water partition coefficient (Wildman–Crippen LogP) is 1.63. The highest BCUT2D eigenvalue weighted by atomic mass is 16.5. The second-order valence-electron chi connectivity index (χ2n) is 6.27. The van der Waals surface area contributed by atoms with Gasteiger partial charge in [0.15, 0.2) is 0 Å². The molecule has 1 saturated carbocycles. The van der Waals surface area contributed by atoms with Crippen molar-refractivity contribution in [2.24, 2.45) is 5.92 Å². The Kier molecular flexibility index (Phi) is 3.69. The first-order valence-corrected chi connectivity index (χ1v) is 7.40. The summed E-state index contributed by atoms with van der Waals surface area (Å²) >= 11 is 0. The molecule has 98 valence electrons. The van der Waals surface area contributed by atoms with Crippen molar-refractivity contribution in [2.45, 2.75) is 57.2 Å². The van der Waals surface area contributed by atoms with Gasteiger partial charge in [0.05, 0.1) is 12.7 Å². The molecule has 0 aromatic carbocycles. The maximum Gasteiger partial charge on any atom is 0.0827 e. The van der Waals surface area contributed by atoms with Gasteiger partial charge in [-0.05, 0) is 44.6 Å². The maximum atomic E-state index is 5.97. The highest BCUT2D eigenvalue weighted by Gasteiger charge is 2.32. The molecule has 4 unspecified atom stereocenters. The lowest BCUT2D eigenvalue weighted by atomic mass is 10.1. The Bertz CT molecular complexity index is 259. The molecule has 2 aliphatic heterocycles. The smallest absolute Gasteiger partial charge is 0.0827 e. The molecule has 17 heavy (non-hydrogen) atoms. The van der Waals surface area contributed by atoms with Crippen LogP contribution in [0.4, 0.5) is 0 Å². The molecule has 3 heteroatoms. The van der Waals surface area contributed by atoms with Gasteiger partial charge in [-0.2, -0.15) is 0 Å². The van der Waals surface area contributed by atoms with Crippen LogP contribution in [-0.4, -0.2) is 49.3 Å². The van der Waals surface area contributed by atoms with Crippen LogP contribution in [0.15, 0.2) is 0 Å². The fourth-order valence-electron chi connectivity index (χ4n) is 3.70. The quantitative estimate of drug-likeness (QED) is 0.809. The molecule has 3 aliphatic rings. The van der Waals surface area contributed by atoms with E-state index in [1.807, 2.05) is 0 Å². The molecule has 0 spiro atoms. The number of fused-ring (bicyclic) bond motifs is 1. The fourth-order valence-corrected chi connectivity index (χ4v) is 3.70. The normalized spacial score (nSPS) is 42.9. The zero-order chi connectivity index (χ0) is 11.7. The van der Waals surface area contributed by atoms with E-state index in [2.05, 4.69) is 17.1 Å². The van der Waals surface area contributed by atoms with E-state index in [0.717, 1.165) is 37.7 Å². The zero-order valence-electron chi connectivity index (χ0n) is 11.0. The van der Waals surface area contributed by atoms with Crippen molar-refractivity contribution in [3.05, 3.63) is 0 Å². The third-order valence-corrected chi connectivity index (χ3v) is 4.79. The van der Waals surface area contributed by atoms with E-state index in [4.69, 9.17) is 4.74 Å². The summed E-state index contributed by atoms with van der Waals surface area (Å²) in [7, 11) is 0. The summed E-state index contributed by atoms with van der Waals surface area (Å²) < 4.78 is 5.97. The molecule has 3 nitrogen and oxygen atoms in total. The van der Waals surface area contributed by atoms with Crippen molar-refractivity contribution in [3.63, 3.8) is 0 Å². The lowest BCUT2D eigenvalue weighted by Gasteiger charge is -2.35. The summed E-state index contributed by atoms with van der Waals surface area (Å²) in [6.07, 6.45) is 7.27. The number of nitrogens with one attached hydrogen (secondary N) is 1. The highest BCUT2D eigenvalue weighted by molar-refractivity contribution is 4.87. The SMILES string of the molecule is CC1CCC(NCC2CN3CCCC3CO2)C1. The first-order valence-electron chi connectivity index (χ1n) is 7.40. The second-order valence-corrected chi connectivity index (χ2v) is 6.27. The van der Waals surface area contributed by atoms with E-state index < -0.39 is 0 Å². The van der Waals surface area contributed by atoms with Crippen LogP contribution in [0.2, 0.25) is 0 Å². The van der Waals surface area contributed by atoms with E-state index in [1.165, 1.54) is 38.6 Å². The Balaban J connectivity index is 1.40. The minimum atomic E-state index is 0.431. The standard InChI is InChI=1S/C14H26N2O/c1-11-4-5-12(7-11)15-8-14-9-16-6-2-3-13(16)10-17-14/h11-15H,2-10H2,1H3. The number of morpholine rings is 1. The summed E-state index contributed by atoms with van der Waals surface area (Å²) in [5.41, 5.74) is 0. The Morgan fingerprint density at radius 2 is 2.24 bits per heavy atom. The van der Waals surface area contributed by atoms with Crippen molar-refractivity contribution in [1.29, 1.82) is 0 Å². The Morgan fingerprint density at radius 3 is 3.06 bits per heavy atom. The lowest BCUT2D eigenvalue weighted by molar-refractivity contribution is -0.0478. The zero-order valence-corrected chi connectivity index (χ0v) is 11.0. The number of ether oxygens (including phenoxy) is 1. The Labute approximate surface area is 105 Å². The fraction of sp³-hybridized carbons (Fsp3) is 1.00. The Morgan fingerprint density at radius 1 is 1.29 bits per heavy atom. The molecule has 4 atom stereocenters. The number of rotatable bonds is 3. The summed E-state index contributed by atoms with van der Waals surface area (Å²) in [6.45, 7) is 6.84. The molecule has 0 bridgehead atoms. The lowest BCUT2D eigenvalue weighted by Crippen LogP contribution is -2.50. The van der Waals surface area contributed by atoms with Gasteiger partial charge in [-0.1, -0.05) is 6.92 Å². The largest absolute Gasteiger partial charge is 0.374 e. The minimum Gasteiger partial charge on any atom is -0.374 e. The van der Waals surface area contributed by atoms with E-state index in [1.54, 1.807) is 0 Å². The molecule has 3 fully saturated rings. The van der Waals surface area contributed by atoms with Crippen LogP contribution in [0.3, 0.4) is 0 Å². The van der Waals surface area contributed by atoms with Crippen LogP contribution in [0.25, 0.3) is 0 Å². The molecule has 3 rings (SSSR count). The van der Waals surface area contributed by atoms with Gasteiger partial charge in [0, 0.05) is 25.2 Å². The topological polar surface area (TPSA) is 24.5 Å². The third-order valence-electron chi connectivity index (χ3n) is 4.79. The van der Waals surface area contributed by atoms with Gasteiger partial charge in [-0.3, -0.25) is 4.90 Å². The van der Waals surface area contributed by atoms with Gasteiger partial charge in [0.25, 0.3) is 0 Å². The van der Waals surface area contributed by atoms with Crippen molar-refractivity contribution in [1.82, 2.24) is 10.2 Å². The first-order chi connectivity index (χ1) is 8.31. The first kappa shape index (κ1) is 11.9. The molecule has 2 heterocycles. The van der Waals surface area contributed by atoms with Crippen LogP contribution < -0.4 is 5.32 Å². The van der Waals surface area contributed by atoms with Gasteiger partial charge in [0.2, 0.25) is 0 Å². The second kappa shape index (κ2) is 5.25. The Hall–Kier alpha value is -0.120. The van der Waals surface area contributed by atoms with Crippen LogP contribution in [0.5, 0.6) is 0 Å². The number of hydrogen-bond acceptors (Lipinski definition) is 3. The molecule has 1 aliphatic carbocycles. The number of nitrogens with zero attached hydrogens (tertiary/aromatic N) is 1. The van der Waals surface area contributed by atoms with E-state index in [-0.39, 0.29) is 0 Å². The van der Waals surface area contributed by atoms with Crippen molar-refractivity contribution < 1.29 is 4.74 Å². The van der Waals surface area contributed by atoms with Gasteiger partial charge in [-0.25, -0.2) is 0 Å². The van der Waals surface area contributed by atoms with Crippen molar-refractivity contribution in [3.8, 4) is 0 Å². The summed E-state index contributed by atoms with van der Waals surface area (Å²) in [4.78, 5) is 2.63. The molecule has 2 saturated heterocycles. The molecule has 0 aromatic rings. The van der Waals surface area contributed by atoms with Gasteiger partial charge >= 0.3 is 0 Å². The average Bonchev–Trinajstić information content (AvgIpc) is 2.94. The van der Waals surface area contributed by atoms with Crippen LogP contribution >= 0.6 is 0 Å². The van der Waals surface area contributed by atoms with Crippen LogP contribution in [0, 0.1) is 5.92 Å². The average molecular weight is 238 g/mol. The summed E-state index contributed by atoms with van der Waals surface area (Å²) in [6, 6.07) is 1.49. The van der Waals surface area contributed by atoms with Crippen molar-refractivity contribution >= 4 is 0 Å². The molecular weight excluding hydrogens is 212 g/mol. The maximum absolute atomic E-state index is 5.97. The summed E-state index contributed by atoms with van der Waals surface area (Å²) in [5, 5.41) is 3.71. The third kappa shape index (κ3) is 2.83. The van der Waals surface area contributed by atoms with Crippen LogP contribution in [-0.2, 0) is 4.74 Å². The van der Waals surface area contributed by atoms with E-state index in [0.29, 0.717) is 6.10 Å². The molecule has 0 aromatic heterocycles. The van der Waals surface area contributed by atoms with Gasteiger partial charge < -0.3 is 10.1 Å². The van der Waals surface area contributed by atoms with Gasteiger partial charge in [-0.15, -0.1) is 0 Å². The molecule has 1 N–H and O–H groups in total. The molecule has 0 amide bonds. The summed E-state index contributed by atoms with van der Waals surface area (Å²) in [5.74, 6) is 0.919. The minimum absolute atomic E-state index is 0.431. The van der Waals surface area contributed by atoms with E-state index in [9.17, 15) is 0 Å². The molecular formula is C14H26N2O. The van der Waals surface area contributed by atoms with Crippen LogP contribution in [0.1, 0.15) is 39.0 Å². The van der Waals surface area contributed by atoms with Gasteiger partial charge in [0.1, 0.15) is 0 Å². The molecule has 0 radical (unpaired) electrons. The van der Waals surface area contributed by atoms with E-state index >= 15 is 0 Å². The predicted molar refractivity (Wildman–Crippen MR) is 69.1 cm³/mol. The van der Waals surface area contributed by atoms with Crippen molar-refractivity contribution in [2.75, 3.05) is 26.2 Å². The monoisotopic (exact) mass is 238 g/mol.